The average molecular weight is 209 g/mol. The normalized spacial score (nSPS) is 17.1. The predicted molar refractivity (Wildman–Crippen MR) is 67.4 cm³/mol. The van der Waals surface area contributed by atoms with E-state index in [1.54, 1.807) is 0 Å². The molecule has 1 aliphatic rings. The third kappa shape index (κ3) is 1.15. The summed E-state index contributed by atoms with van der Waals surface area (Å²) in [6, 6.07) is 12.9. The van der Waals surface area contributed by atoms with Gasteiger partial charge in [-0.05, 0) is 41.7 Å². The molecule has 0 saturated heterocycles. The summed E-state index contributed by atoms with van der Waals surface area (Å²) in [5.74, 6) is 0. The van der Waals surface area contributed by atoms with Crippen LogP contribution < -0.4 is 5.73 Å². The van der Waals surface area contributed by atoms with Crippen LogP contribution in [-0.4, -0.2) is 0 Å². The smallest absolute Gasteiger partial charge is 0.0566 e. The van der Waals surface area contributed by atoms with Gasteiger partial charge >= 0.3 is 0 Å². The van der Waals surface area contributed by atoms with Gasteiger partial charge in [-0.25, -0.2) is 0 Å². The van der Waals surface area contributed by atoms with Gasteiger partial charge in [-0.15, -0.1) is 0 Å². The van der Waals surface area contributed by atoms with Gasteiger partial charge in [-0.1, -0.05) is 42.0 Å². The van der Waals surface area contributed by atoms with Crippen LogP contribution in [-0.2, 0) is 0 Å². The van der Waals surface area contributed by atoms with Gasteiger partial charge in [0.25, 0.3) is 0 Å². The van der Waals surface area contributed by atoms with Crippen molar-refractivity contribution in [1.29, 1.82) is 0 Å². The van der Waals surface area contributed by atoms with E-state index in [-0.39, 0.29) is 6.04 Å². The van der Waals surface area contributed by atoms with Crippen LogP contribution >= 0.6 is 0 Å². The lowest BCUT2D eigenvalue weighted by molar-refractivity contribution is 0.890. The fourth-order valence-electron chi connectivity index (χ4n) is 2.78. The Morgan fingerprint density at radius 3 is 2.56 bits per heavy atom. The molecule has 1 atom stereocenters. The summed E-state index contributed by atoms with van der Waals surface area (Å²) < 4.78 is 0. The van der Waals surface area contributed by atoms with Crippen LogP contribution in [0, 0.1) is 13.8 Å². The molecule has 0 spiro atoms. The predicted octanol–water partition coefficient (Wildman–Crippen LogP) is 3.33. The van der Waals surface area contributed by atoms with Crippen LogP contribution in [0.4, 0.5) is 0 Å². The topological polar surface area (TPSA) is 26.0 Å². The van der Waals surface area contributed by atoms with Gasteiger partial charge in [-0.2, -0.15) is 0 Å². The first-order valence-electron chi connectivity index (χ1n) is 5.64. The molecule has 0 radical (unpaired) electrons. The van der Waals surface area contributed by atoms with Crippen molar-refractivity contribution in [2.45, 2.75) is 19.9 Å². The molecule has 2 aromatic rings. The van der Waals surface area contributed by atoms with E-state index in [0.717, 1.165) is 0 Å². The molecule has 0 heterocycles. The summed E-state index contributed by atoms with van der Waals surface area (Å²) in [5, 5.41) is 0. The first-order chi connectivity index (χ1) is 7.68. The molecule has 0 aliphatic heterocycles. The average Bonchev–Trinajstić information content (AvgIpc) is 2.54. The highest BCUT2D eigenvalue weighted by Crippen LogP contribution is 2.43. The molecule has 1 heteroatoms. The van der Waals surface area contributed by atoms with Gasteiger partial charge in [0.1, 0.15) is 0 Å². The molecule has 0 saturated carbocycles. The van der Waals surface area contributed by atoms with Crippen LogP contribution in [0.1, 0.15) is 28.3 Å². The molecule has 2 N–H and O–H groups in total. The summed E-state index contributed by atoms with van der Waals surface area (Å²) in [5.41, 5.74) is 14.1. The fraction of sp³-hybridized carbons (Fsp3) is 0.200. The quantitative estimate of drug-likeness (QED) is 0.707. The number of rotatable bonds is 0. The molecule has 0 bridgehead atoms. The minimum Gasteiger partial charge on any atom is -0.320 e. The summed E-state index contributed by atoms with van der Waals surface area (Å²) in [7, 11) is 0. The molecule has 1 nitrogen and oxygen atoms in total. The lowest BCUT2D eigenvalue weighted by Gasteiger charge is -2.10. The second-order valence-corrected chi connectivity index (χ2v) is 4.61. The first-order valence-corrected chi connectivity index (χ1v) is 5.64. The number of hydrogen-bond donors (Lipinski definition) is 1. The number of aryl methyl sites for hydroxylation is 2. The third-order valence-corrected chi connectivity index (χ3v) is 3.43. The second-order valence-electron chi connectivity index (χ2n) is 4.61. The van der Waals surface area contributed by atoms with E-state index >= 15 is 0 Å². The Morgan fingerprint density at radius 1 is 1.00 bits per heavy atom. The van der Waals surface area contributed by atoms with Crippen molar-refractivity contribution >= 4 is 0 Å². The Morgan fingerprint density at radius 2 is 1.75 bits per heavy atom. The highest BCUT2D eigenvalue weighted by molar-refractivity contribution is 5.80. The van der Waals surface area contributed by atoms with Crippen molar-refractivity contribution in [2.75, 3.05) is 0 Å². The van der Waals surface area contributed by atoms with Crippen LogP contribution in [0.2, 0.25) is 0 Å². The molecule has 1 aliphatic carbocycles. The largest absolute Gasteiger partial charge is 0.320 e. The van der Waals surface area contributed by atoms with Crippen LogP contribution in [0.25, 0.3) is 11.1 Å². The van der Waals surface area contributed by atoms with Gasteiger partial charge in [0.05, 0.1) is 6.04 Å². The Hall–Kier alpha value is -1.60. The Labute approximate surface area is 95.9 Å². The van der Waals surface area contributed by atoms with Crippen molar-refractivity contribution in [3.05, 3.63) is 58.7 Å². The van der Waals surface area contributed by atoms with E-state index in [2.05, 4.69) is 50.2 Å². The fourth-order valence-corrected chi connectivity index (χ4v) is 2.78. The summed E-state index contributed by atoms with van der Waals surface area (Å²) in [6.45, 7) is 4.29. The number of hydrogen-bond acceptors (Lipinski definition) is 1. The molecule has 0 fully saturated rings. The van der Waals surface area contributed by atoms with E-state index in [9.17, 15) is 0 Å². The zero-order valence-corrected chi connectivity index (χ0v) is 9.62. The van der Waals surface area contributed by atoms with Gasteiger partial charge in [-0.3, -0.25) is 0 Å². The standard InChI is InChI=1S/C15H15N/c1-9-7-10(2)14-13(8-9)11-5-3-4-6-12(11)15(14)16/h3-8,15H,16H2,1-2H3. The van der Waals surface area contributed by atoms with E-state index in [1.807, 2.05) is 0 Å². The molecule has 0 amide bonds. The second kappa shape index (κ2) is 3.19. The Balaban J connectivity index is 2.38. The summed E-state index contributed by atoms with van der Waals surface area (Å²) in [6.07, 6.45) is 0. The maximum Gasteiger partial charge on any atom is 0.0566 e. The van der Waals surface area contributed by atoms with E-state index < -0.39 is 0 Å². The van der Waals surface area contributed by atoms with Crippen molar-refractivity contribution in [1.82, 2.24) is 0 Å². The van der Waals surface area contributed by atoms with Gasteiger partial charge < -0.3 is 5.73 Å². The van der Waals surface area contributed by atoms with Crippen LogP contribution in [0.15, 0.2) is 36.4 Å². The van der Waals surface area contributed by atoms with Gasteiger partial charge in [0.15, 0.2) is 0 Å². The maximum absolute atomic E-state index is 6.31. The molecular formula is C15H15N. The maximum atomic E-state index is 6.31. The molecule has 1 unspecified atom stereocenters. The number of fused-ring (bicyclic) bond motifs is 3. The van der Waals surface area contributed by atoms with Crippen molar-refractivity contribution < 1.29 is 0 Å². The zero-order valence-electron chi connectivity index (χ0n) is 9.62. The van der Waals surface area contributed by atoms with Crippen molar-refractivity contribution in [2.24, 2.45) is 5.73 Å². The Kier molecular flexibility index (Phi) is 1.92. The monoisotopic (exact) mass is 209 g/mol. The third-order valence-electron chi connectivity index (χ3n) is 3.43. The summed E-state index contributed by atoms with van der Waals surface area (Å²) >= 11 is 0. The SMILES string of the molecule is Cc1cc(C)c2c(c1)-c1ccccc1C2N. The summed E-state index contributed by atoms with van der Waals surface area (Å²) in [4.78, 5) is 0. The highest BCUT2D eigenvalue weighted by atomic mass is 14.7. The van der Waals surface area contributed by atoms with E-state index in [0.29, 0.717) is 0 Å². The minimum absolute atomic E-state index is 0.0480. The van der Waals surface area contributed by atoms with Crippen molar-refractivity contribution in [3.8, 4) is 11.1 Å². The van der Waals surface area contributed by atoms with E-state index in [1.165, 1.54) is 33.4 Å². The van der Waals surface area contributed by atoms with Gasteiger partial charge in [0.2, 0.25) is 0 Å². The molecule has 80 valence electrons. The first kappa shape index (κ1) is 9.61. The number of benzene rings is 2. The van der Waals surface area contributed by atoms with Crippen LogP contribution in [0.3, 0.4) is 0 Å². The highest BCUT2D eigenvalue weighted by Gasteiger charge is 2.26. The van der Waals surface area contributed by atoms with E-state index in [4.69, 9.17) is 5.73 Å². The van der Waals surface area contributed by atoms with Crippen LogP contribution in [0.5, 0.6) is 0 Å². The lowest BCUT2D eigenvalue weighted by atomic mass is 9.98. The lowest BCUT2D eigenvalue weighted by Crippen LogP contribution is -2.09. The number of nitrogens with two attached hydrogens (primary N) is 1. The van der Waals surface area contributed by atoms with Gasteiger partial charge in [0, 0.05) is 0 Å². The van der Waals surface area contributed by atoms with Crippen molar-refractivity contribution in [3.63, 3.8) is 0 Å². The Bertz CT molecular complexity index is 570. The molecular weight excluding hydrogens is 194 g/mol. The molecule has 3 rings (SSSR count). The molecule has 0 aromatic heterocycles. The zero-order chi connectivity index (χ0) is 11.3. The molecule has 16 heavy (non-hydrogen) atoms. The molecule has 2 aromatic carbocycles. The minimum atomic E-state index is 0.0480.